The van der Waals surface area contributed by atoms with Crippen LogP contribution in [0.2, 0.25) is 0 Å². The first kappa shape index (κ1) is 13.1. The summed E-state index contributed by atoms with van der Waals surface area (Å²) >= 11 is 1.80. The first-order valence-corrected chi connectivity index (χ1v) is 6.39. The second-order valence-electron chi connectivity index (χ2n) is 4.31. The third-order valence-corrected chi connectivity index (χ3v) is 3.51. The molecule has 0 aliphatic carbocycles. The number of nitrogens with zero attached hydrogens (tertiary/aromatic N) is 1. The average Bonchev–Trinajstić information content (AvgIpc) is 2.29. The fraction of sp³-hybridized carbons (Fsp3) is 0.462. The van der Waals surface area contributed by atoms with Crippen molar-refractivity contribution < 1.29 is 0 Å². The second kappa shape index (κ2) is 5.38. The maximum absolute atomic E-state index is 9.03. The van der Waals surface area contributed by atoms with E-state index in [9.17, 15) is 0 Å². The minimum absolute atomic E-state index is 0.238. The van der Waals surface area contributed by atoms with E-state index in [4.69, 9.17) is 11.0 Å². The zero-order valence-electron chi connectivity index (χ0n) is 10.0. The summed E-state index contributed by atoms with van der Waals surface area (Å²) in [6, 6.07) is 10.2. The summed E-state index contributed by atoms with van der Waals surface area (Å²) < 4.78 is 0. The van der Waals surface area contributed by atoms with Gasteiger partial charge in [0.2, 0.25) is 0 Å². The summed E-state index contributed by atoms with van der Waals surface area (Å²) in [5, 5.41) is 9.03. The van der Waals surface area contributed by atoms with Gasteiger partial charge >= 0.3 is 0 Å². The summed E-state index contributed by atoms with van der Waals surface area (Å²) in [6.45, 7) is 5.86. The molecule has 0 heterocycles. The smallest absolute Gasteiger partial charge is 0.0710 e. The Balaban J connectivity index is 2.86. The molecular weight excluding hydrogens is 216 g/mol. The number of nitriles is 1. The zero-order chi connectivity index (χ0) is 12.2. The molecule has 0 aliphatic rings. The molecule has 0 aliphatic heterocycles. The molecule has 16 heavy (non-hydrogen) atoms. The highest BCUT2D eigenvalue weighted by atomic mass is 32.2. The summed E-state index contributed by atoms with van der Waals surface area (Å²) in [6.07, 6.45) is 0. The van der Waals surface area contributed by atoms with Crippen molar-refractivity contribution in [3.05, 3.63) is 29.8 Å². The summed E-state index contributed by atoms with van der Waals surface area (Å²) in [4.78, 5) is 1.24. The van der Waals surface area contributed by atoms with Crippen molar-refractivity contribution in [3.8, 4) is 6.07 Å². The van der Waals surface area contributed by atoms with E-state index in [0.717, 1.165) is 11.3 Å². The Morgan fingerprint density at radius 3 is 2.38 bits per heavy atom. The lowest BCUT2D eigenvalue weighted by Gasteiger charge is -2.24. The Labute approximate surface area is 102 Å². The molecule has 1 atom stereocenters. The molecule has 3 heteroatoms. The Morgan fingerprint density at radius 1 is 1.38 bits per heavy atom. The van der Waals surface area contributed by atoms with Gasteiger partial charge < -0.3 is 5.73 Å². The molecule has 0 fully saturated rings. The maximum Gasteiger partial charge on any atom is 0.0710 e. The van der Waals surface area contributed by atoms with Gasteiger partial charge in [-0.2, -0.15) is 5.26 Å². The van der Waals surface area contributed by atoms with E-state index in [-0.39, 0.29) is 6.04 Å². The Hall–Kier alpha value is -0.980. The Morgan fingerprint density at radius 2 is 1.94 bits per heavy atom. The minimum atomic E-state index is -0.528. The van der Waals surface area contributed by atoms with Crippen molar-refractivity contribution in [1.82, 2.24) is 0 Å². The normalized spacial score (nSPS) is 13.2. The van der Waals surface area contributed by atoms with Crippen LogP contribution in [0.3, 0.4) is 0 Å². The van der Waals surface area contributed by atoms with Crippen LogP contribution < -0.4 is 5.73 Å². The Kier molecular flexibility index (Phi) is 4.40. The van der Waals surface area contributed by atoms with Crippen molar-refractivity contribution in [2.24, 2.45) is 11.1 Å². The van der Waals surface area contributed by atoms with Crippen LogP contribution >= 0.6 is 11.8 Å². The zero-order valence-corrected chi connectivity index (χ0v) is 10.8. The van der Waals surface area contributed by atoms with Gasteiger partial charge in [-0.25, -0.2) is 0 Å². The molecule has 2 N–H and O–H groups in total. The van der Waals surface area contributed by atoms with Gasteiger partial charge in [0.1, 0.15) is 0 Å². The highest BCUT2D eigenvalue weighted by molar-refractivity contribution is 7.99. The summed E-state index contributed by atoms with van der Waals surface area (Å²) in [5.74, 6) is 1.06. The van der Waals surface area contributed by atoms with Gasteiger partial charge in [0, 0.05) is 10.9 Å². The SMILES string of the molecule is CCSc1ccc(C(N)C(C)(C)C#N)cc1. The van der Waals surface area contributed by atoms with Crippen LogP contribution in [0.15, 0.2) is 29.2 Å². The third kappa shape index (κ3) is 3.01. The van der Waals surface area contributed by atoms with Gasteiger partial charge in [-0.05, 0) is 37.3 Å². The molecular formula is C13H18N2S. The monoisotopic (exact) mass is 234 g/mol. The highest BCUT2D eigenvalue weighted by Crippen LogP contribution is 2.31. The maximum atomic E-state index is 9.03. The molecule has 0 radical (unpaired) electrons. The van der Waals surface area contributed by atoms with E-state index in [1.165, 1.54) is 4.90 Å². The lowest BCUT2D eigenvalue weighted by atomic mass is 9.82. The molecule has 0 saturated carbocycles. The number of hydrogen-bond acceptors (Lipinski definition) is 3. The van der Waals surface area contributed by atoms with Crippen LogP contribution in [0.1, 0.15) is 32.4 Å². The van der Waals surface area contributed by atoms with Crippen molar-refractivity contribution in [1.29, 1.82) is 5.26 Å². The van der Waals surface area contributed by atoms with E-state index in [1.54, 1.807) is 11.8 Å². The van der Waals surface area contributed by atoms with Gasteiger partial charge in [-0.1, -0.05) is 19.1 Å². The number of thioether (sulfide) groups is 1. The largest absolute Gasteiger partial charge is 0.323 e. The third-order valence-electron chi connectivity index (χ3n) is 2.62. The number of nitrogens with two attached hydrogens (primary N) is 1. The van der Waals surface area contributed by atoms with Crippen molar-refractivity contribution >= 4 is 11.8 Å². The number of rotatable bonds is 4. The molecule has 0 amide bonds. The second-order valence-corrected chi connectivity index (χ2v) is 5.65. The quantitative estimate of drug-likeness (QED) is 0.813. The first-order chi connectivity index (χ1) is 7.51. The van der Waals surface area contributed by atoms with E-state index in [1.807, 2.05) is 26.0 Å². The predicted molar refractivity (Wildman–Crippen MR) is 69.2 cm³/mol. The number of benzene rings is 1. The van der Waals surface area contributed by atoms with Gasteiger partial charge in [-0.3, -0.25) is 0 Å². The van der Waals surface area contributed by atoms with Crippen LogP contribution in [-0.2, 0) is 0 Å². The lowest BCUT2D eigenvalue weighted by Crippen LogP contribution is -2.27. The lowest BCUT2D eigenvalue weighted by molar-refractivity contribution is 0.393. The summed E-state index contributed by atoms with van der Waals surface area (Å²) in [7, 11) is 0. The van der Waals surface area contributed by atoms with E-state index in [0.29, 0.717) is 0 Å². The topological polar surface area (TPSA) is 49.8 Å². The number of hydrogen-bond donors (Lipinski definition) is 1. The standard InChI is InChI=1S/C13H18N2S/c1-4-16-11-7-5-10(6-8-11)12(15)13(2,3)9-14/h5-8,12H,4,15H2,1-3H3. The fourth-order valence-corrected chi connectivity index (χ4v) is 2.09. The molecule has 0 bridgehead atoms. The van der Waals surface area contributed by atoms with Gasteiger partial charge in [0.05, 0.1) is 11.5 Å². The molecule has 1 aromatic carbocycles. The van der Waals surface area contributed by atoms with E-state index >= 15 is 0 Å². The van der Waals surface area contributed by atoms with Crippen LogP contribution in [0.25, 0.3) is 0 Å². The van der Waals surface area contributed by atoms with E-state index in [2.05, 4.69) is 25.1 Å². The van der Waals surface area contributed by atoms with Crippen molar-refractivity contribution in [3.63, 3.8) is 0 Å². The predicted octanol–water partition coefficient (Wildman–Crippen LogP) is 3.35. The molecule has 2 nitrogen and oxygen atoms in total. The molecule has 86 valence electrons. The molecule has 0 saturated heterocycles. The summed E-state index contributed by atoms with van der Waals surface area (Å²) in [5.41, 5.74) is 6.57. The molecule has 1 rings (SSSR count). The molecule has 1 unspecified atom stereocenters. The van der Waals surface area contributed by atoms with Gasteiger partial charge in [0.25, 0.3) is 0 Å². The van der Waals surface area contributed by atoms with Gasteiger partial charge in [0.15, 0.2) is 0 Å². The van der Waals surface area contributed by atoms with Crippen molar-refractivity contribution in [2.45, 2.75) is 31.7 Å². The van der Waals surface area contributed by atoms with Crippen LogP contribution in [0, 0.1) is 16.7 Å². The molecule has 0 spiro atoms. The van der Waals surface area contributed by atoms with Crippen LogP contribution in [0.4, 0.5) is 0 Å². The molecule has 0 aromatic heterocycles. The van der Waals surface area contributed by atoms with Crippen molar-refractivity contribution in [2.75, 3.05) is 5.75 Å². The fourth-order valence-electron chi connectivity index (χ4n) is 1.42. The first-order valence-electron chi connectivity index (χ1n) is 5.41. The molecule has 1 aromatic rings. The highest BCUT2D eigenvalue weighted by Gasteiger charge is 2.27. The van der Waals surface area contributed by atoms with Crippen LogP contribution in [0.5, 0.6) is 0 Å². The average molecular weight is 234 g/mol. The van der Waals surface area contributed by atoms with Crippen LogP contribution in [-0.4, -0.2) is 5.75 Å². The minimum Gasteiger partial charge on any atom is -0.323 e. The Bertz CT molecular complexity index is 376. The van der Waals surface area contributed by atoms with Gasteiger partial charge in [-0.15, -0.1) is 11.8 Å². The van der Waals surface area contributed by atoms with E-state index < -0.39 is 5.41 Å².